The van der Waals surface area contributed by atoms with E-state index in [2.05, 4.69) is 48.8 Å². The van der Waals surface area contributed by atoms with Crippen molar-refractivity contribution in [3.63, 3.8) is 0 Å². The second-order valence-corrected chi connectivity index (χ2v) is 4.86. The maximum atomic E-state index is 3.29. The fourth-order valence-corrected chi connectivity index (χ4v) is 3.61. The molecule has 3 unspecified atom stereocenters. The molecular weight excluding hydrogens is 261 g/mol. The molecule has 0 aromatic rings. The summed E-state index contributed by atoms with van der Waals surface area (Å²) in [6, 6.07) is 0. The minimum Gasteiger partial charge on any atom is -0.319 e. The van der Waals surface area contributed by atoms with Gasteiger partial charge < -0.3 is 5.32 Å². The van der Waals surface area contributed by atoms with Crippen LogP contribution in [0.15, 0.2) is 0 Å². The van der Waals surface area contributed by atoms with Crippen molar-refractivity contribution in [2.45, 2.75) is 20.3 Å². The van der Waals surface area contributed by atoms with Gasteiger partial charge in [-0.1, -0.05) is 42.9 Å². The van der Waals surface area contributed by atoms with Gasteiger partial charge in [-0.05, 0) is 37.3 Å². The zero-order chi connectivity index (χ0) is 9.14. The van der Waals surface area contributed by atoms with Crippen molar-refractivity contribution in [3.05, 3.63) is 0 Å². The summed E-state index contributed by atoms with van der Waals surface area (Å²) in [6.45, 7) is 5.95. The first-order valence-electron chi connectivity index (χ1n) is 4.96. The predicted molar refractivity (Wildman–Crippen MR) is 62.7 cm³/mol. The zero-order valence-corrected chi connectivity index (χ0v) is 10.5. The first kappa shape index (κ1) is 10.8. The highest BCUT2D eigenvalue weighted by Crippen LogP contribution is 2.51. The molecule has 0 aromatic heterocycles. The van der Waals surface area contributed by atoms with E-state index < -0.39 is 0 Å². The fourth-order valence-electron chi connectivity index (χ4n) is 2.40. The normalized spacial score (nSPS) is 36.5. The summed E-state index contributed by atoms with van der Waals surface area (Å²) in [6.07, 6.45) is 1.36. The number of hydrogen-bond acceptors (Lipinski definition) is 1. The van der Waals surface area contributed by atoms with Gasteiger partial charge in [-0.2, -0.15) is 0 Å². The van der Waals surface area contributed by atoms with E-state index in [4.69, 9.17) is 0 Å². The van der Waals surface area contributed by atoms with Crippen LogP contribution < -0.4 is 5.32 Å². The zero-order valence-electron chi connectivity index (χ0n) is 8.31. The second kappa shape index (κ2) is 4.80. The fraction of sp³-hybridized carbons (Fsp3) is 1.00. The number of hydrogen-bond donors (Lipinski definition) is 1. The smallest absolute Gasteiger partial charge is 0.00264 e. The van der Waals surface area contributed by atoms with E-state index in [1.165, 1.54) is 17.4 Å². The first-order chi connectivity index (χ1) is 5.76. The molecule has 0 spiro atoms. The topological polar surface area (TPSA) is 12.0 Å². The van der Waals surface area contributed by atoms with Gasteiger partial charge in [0.25, 0.3) is 0 Å². The van der Waals surface area contributed by atoms with Crippen molar-refractivity contribution in [1.82, 2.24) is 5.32 Å². The third-order valence-electron chi connectivity index (χ3n) is 3.34. The third-order valence-corrected chi connectivity index (χ3v) is 4.47. The quantitative estimate of drug-likeness (QED) is 0.603. The molecule has 1 saturated carbocycles. The third kappa shape index (κ3) is 2.13. The number of nitrogens with one attached hydrogen (secondary N) is 1. The molecule has 2 heteroatoms. The van der Waals surface area contributed by atoms with Crippen LogP contribution in [0.4, 0.5) is 0 Å². The molecule has 0 saturated heterocycles. The Morgan fingerprint density at radius 2 is 2.17 bits per heavy atom. The molecule has 4 atom stereocenters. The summed E-state index contributed by atoms with van der Waals surface area (Å²) in [5.41, 5.74) is 0. The molecule has 1 rings (SSSR count). The van der Waals surface area contributed by atoms with Crippen LogP contribution >= 0.6 is 22.6 Å². The molecule has 1 N–H and O–H groups in total. The Morgan fingerprint density at radius 3 is 2.58 bits per heavy atom. The molecule has 1 nitrogen and oxygen atoms in total. The van der Waals surface area contributed by atoms with Crippen molar-refractivity contribution in [2.75, 3.05) is 18.0 Å². The maximum absolute atomic E-state index is 3.29. The standard InChI is InChI=1S/C10H20IN/c1-4-8(5-11)10-7(2)9(10)6-12-3/h7-10,12H,4-6H2,1-3H3/t7-,8?,9?,10?/m0/s1. The van der Waals surface area contributed by atoms with Crippen LogP contribution in [0.5, 0.6) is 0 Å². The second-order valence-electron chi connectivity index (χ2n) is 3.98. The summed E-state index contributed by atoms with van der Waals surface area (Å²) in [7, 11) is 2.06. The highest BCUT2D eigenvalue weighted by molar-refractivity contribution is 14.1. The van der Waals surface area contributed by atoms with Crippen LogP contribution in [-0.4, -0.2) is 18.0 Å². The molecule has 0 radical (unpaired) electrons. The molecule has 0 heterocycles. The minimum atomic E-state index is 0.967. The van der Waals surface area contributed by atoms with E-state index in [0.29, 0.717) is 0 Å². The van der Waals surface area contributed by atoms with E-state index in [1.807, 2.05) is 0 Å². The van der Waals surface area contributed by atoms with Gasteiger partial charge in [0.2, 0.25) is 0 Å². The van der Waals surface area contributed by atoms with Crippen molar-refractivity contribution < 1.29 is 0 Å². The highest BCUT2D eigenvalue weighted by atomic mass is 127. The lowest BCUT2D eigenvalue weighted by Gasteiger charge is -2.10. The van der Waals surface area contributed by atoms with Crippen molar-refractivity contribution in [2.24, 2.45) is 23.7 Å². The van der Waals surface area contributed by atoms with Crippen LogP contribution in [0.25, 0.3) is 0 Å². The molecule has 0 amide bonds. The van der Waals surface area contributed by atoms with E-state index in [0.717, 1.165) is 23.7 Å². The predicted octanol–water partition coefficient (Wildman–Crippen LogP) is 2.55. The van der Waals surface area contributed by atoms with Gasteiger partial charge in [0.1, 0.15) is 0 Å². The van der Waals surface area contributed by atoms with Gasteiger partial charge in [0.05, 0.1) is 0 Å². The van der Waals surface area contributed by atoms with E-state index in [1.54, 1.807) is 0 Å². The average molecular weight is 281 g/mol. The molecular formula is C10H20IN. The monoisotopic (exact) mass is 281 g/mol. The molecule has 0 aromatic carbocycles. The Balaban J connectivity index is 2.34. The number of rotatable bonds is 5. The number of alkyl halides is 1. The lowest BCUT2D eigenvalue weighted by molar-refractivity contribution is 0.459. The van der Waals surface area contributed by atoms with Gasteiger partial charge in [-0.3, -0.25) is 0 Å². The summed E-state index contributed by atoms with van der Waals surface area (Å²) in [4.78, 5) is 0. The summed E-state index contributed by atoms with van der Waals surface area (Å²) >= 11 is 2.53. The van der Waals surface area contributed by atoms with Crippen LogP contribution in [0.2, 0.25) is 0 Å². The molecule has 1 aliphatic rings. The van der Waals surface area contributed by atoms with Gasteiger partial charge in [-0.15, -0.1) is 0 Å². The van der Waals surface area contributed by atoms with E-state index in [-0.39, 0.29) is 0 Å². The highest BCUT2D eigenvalue weighted by Gasteiger charge is 2.48. The average Bonchev–Trinajstić information content (AvgIpc) is 2.67. The Hall–Kier alpha value is 0.690. The Morgan fingerprint density at radius 1 is 1.50 bits per heavy atom. The van der Waals surface area contributed by atoms with Crippen LogP contribution in [0.3, 0.4) is 0 Å². The van der Waals surface area contributed by atoms with E-state index in [9.17, 15) is 0 Å². The molecule has 1 aliphatic carbocycles. The molecule has 72 valence electrons. The lowest BCUT2D eigenvalue weighted by atomic mass is 10.0. The Labute approximate surface area is 89.8 Å². The van der Waals surface area contributed by atoms with Crippen LogP contribution in [-0.2, 0) is 0 Å². The molecule has 0 bridgehead atoms. The van der Waals surface area contributed by atoms with Gasteiger partial charge in [0.15, 0.2) is 0 Å². The summed E-state index contributed by atoms with van der Waals surface area (Å²) < 4.78 is 1.34. The van der Waals surface area contributed by atoms with Crippen LogP contribution in [0, 0.1) is 23.7 Å². The van der Waals surface area contributed by atoms with Gasteiger partial charge in [0, 0.05) is 4.43 Å². The molecule has 0 aliphatic heterocycles. The summed E-state index contributed by atoms with van der Waals surface area (Å²) in [5, 5.41) is 3.29. The molecule has 1 fully saturated rings. The SMILES string of the molecule is CCC(CI)C1C(CNC)[C@@H]1C. The Bertz CT molecular complexity index is 134. The summed E-state index contributed by atoms with van der Waals surface area (Å²) in [5.74, 6) is 3.92. The lowest BCUT2D eigenvalue weighted by Crippen LogP contribution is -2.13. The number of halogens is 1. The van der Waals surface area contributed by atoms with E-state index >= 15 is 0 Å². The van der Waals surface area contributed by atoms with Gasteiger partial charge in [-0.25, -0.2) is 0 Å². The maximum Gasteiger partial charge on any atom is 0.00264 e. The Kier molecular flexibility index (Phi) is 4.30. The van der Waals surface area contributed by atoms with Crippen molar-refractivity contribution in [3.8, 4) is 0 Å². The van der Waals surface area contributed by atoms with Crippen LogP contribution in [0.1, 0.15) is 20.3 Å². The van der Waals surface area contributed by atoms with Crippen molar-refractivity contribution in [1.29, 1.82) is 0 Å². The first-order valence-corrected chi connectivity index (χ1v) is 6.49. The molecule has 12 heavy (non-hydrogen) atoms. The van der Waals surface area contributed by atoms with Crippen molar-refractivity contribution >= 4 is 22.6 Å². The van der Waals surface area contributed by atoms with Gasteiger partial charge >= 0.3 is 0 Å². The minimum absolute atomic E-state index is 0.967. The largest absolute Gasteiger partial charge is 0.319 e.